The lowest BCUT2D eigenvalue weighted by atomic mass is 10.0. The van der Waals surface area contributed by atoms with E-state index in [0.717, 1.165) is 44.0 Å². The Hall–Kier alpha value is -2.15. The molecule has 0 radical (unpaired) electrons. The van der Waals surface area contributed by atoms with Gasteiger partial charge in [0.05, 0.1) is 11.8 Å². The molecular formula is C18H24N4O3. The Morgan fingerprint density at radius 1 is 1.28 bits per heavy atom. The highest BCUT2D eigenvalue weighted by molar-refractivity contribution is 5.76. The van der Waals surface area contributed by atoms with E-state index in [9.17, 15) is 4.79 Å². The minimum Gasteiger partial charge on any atom is -0.472 e. The van der Waals surface area contributed by atoms with Crippen molar-refractivity contribution in [2.75, 3.05) is 19.6 Å². The molecule has 1 aliphatic carbocycles. The van der Waals surface area contributed by atoms with Gasteiger partial charge in [-0.1, -0.05) is 5.16 Å². The predicted molar refractivity (Wildman–Crippen MR) is 90.6 cm³/mol. The van der Waals surface area contributed by atoms with Crippen molar-refractivity contribution in [3.8, 4) is 11.4 Å². The zero-order chi connectivity index (χ0) is 17.1. The van der Waals surface area contributed by atoms with Crippen molar-refractivity contribution in [2.24, 2.45) is 5.92 Å². The quantitative estimate of drug-likeness (QED) is 0.829. The summed E-state index contributed by atoms with van der Waals surface area (Å²) in [6.07, 6.45) is 8.87. The molecule has 1 amide bonds. The molecule has 1 aliphatic heterocycles. The van der Waals surface area contributed by atoms with Crippen molar-refractivity contribution in [3.63, 3.8) is 0 Å². The molecule has 0 aromatic carbocycles. The number of aromatic nitrogens is 2. The zero-order valence-corrected chi connectivity index (χ0v) is 14.3. The van der Waals surface area contributed by atoms with Crippen LogP contribution in [0.1, 0.15) is 38.0 Å². The van der Waals surface area contributed by atoms with Gasteiger partial charge >= 0.3 is 0 Å². The van der Waals surface area contributed by atoms with Crippen LogP contribution in [-0.4, -0.2) is 46.6 Å². The summed E-state index contributed by atoms with van der Waals surface area (Å²) in [5.41, 5.74) is 0.780. The van der Waals surface area contributed by atoms with Gasteiger partial charge in [-0.25, -0.2) is 0 Å². The molecule has 4 rings (SSSR count). The first-order valence-corrected chi connectivity index (χ1v) is 9.14. The van der Waals surface area contributed by atoms with Crippen molar-refractivity contribution in [2.45, 2.75) is 44.6 Å². The first-order valence-electron chi connectivity index (χ1n) is 9.14. The first-order chi connectivity index (χ1) is 12.3. The second-order valence-electron chi connectivity index (χ2n) is 7.03. The fraction of sp³-hybridized carbons (Fsp3) is 0.611. The first kappa shape index (κ1) is 16.3. The summed E-state index contributed by atoms with van der Waals surface area (Å²) in [6.45, 7) is 2.82. The maximum atomic E-state index is 12.4. The molecule has 2 fully saturated rings. The number of nitrogens with zero attached hydrogens (tertiary/aromatic N) is 3. The minimum atomic E-state index is 0.170. The van der Waals surface area contributed by atoms with E-state index in [4.69, 9.17) is 8.94 Å². The van der Waals surface area contributed by atoms with Gasteiger partial charge in [0.1, 0.15) is 6.26 Å². The van der Waals surface area contributed by atoms with E-state index in [-0.39, 0.29) is 5.91 Å². The largest absolute Gasteiger partial charge is 0.472 e. The Labute approximate surface area is 146 Å². The van der Waals surface area contributed by atoms with Crippen LogP contribution in [-0.2, 0) is 11.2 Å². The third-order valence-corrected chi connectivity index (χ3v) is 5.04. The second kappa shape index (κ2) is 7.39. The Morgan fingerprint density at radius 2 is 2.12 bits per heavy atom. The average Bonchev–Trinajstić information content (AvgIpc) is 3.11. The molecule has 0 bridgehead atoms. The number of hydrogen-bond donors (Lipinski definition) is 1. The molecule has 1 N–H and O–H groups in total. The van der Waals surface area contributed by atoms with Gasteiger partial charge in [-0.3, -0.25) is 4.79 Å². The van der Waals surface area contributed by atoms with Crippen LogP contribution in [0.5, 0.6) is 0 Å². The number of hydrogen-bond acceptors (Lipinski definition) is 6. The third kappa shape index (κ3) is 4.28. The molecular weight excluding hydrogens is 320 g/mol. The normalized spacial score (nSPS) is 18.6. The smallest absolute Gasteiger partial charge is 0.227 e. The molecule has 1 saturated carbocycles. The third-order valence-electron chi connectivity index (χ3n) is 5.04. The number of carbonyl (C=O) groups excluding carboxylic acids is 1. The zero-order valence-electron chi connectivity index (χ0n) is 14.3. The van der Waals surface area contributed by atoms with Gasteiger partial charge in [-0.2, -0.15) is 4.98 Å². The van der Waals surface area contributed by atoms with Gasteiger partial charge < -0.3 is 19.2 Å². The number of nitrogens with one attached hydrogen (secondary N) is 1. The average molecular weight is 344 g/mol. The van der Waals surface area contributed by atoms with E-state index in [1.807, 2.05) is 4.90 Å². The number of likely N-dealkylation sites (tertiary alicyclic amines) is 1. The SMILES string of the molecule is O=C(CCc1nc(-c2ccoc2)no1)N1CCC(NCC2CC2)CC1. The molecule has 0 atom stereocenters. The number of aryl methyl sites for hydroxylation is 1. The van der Waals surface area contributed by atoms with Crippen molar-refractivity contribution >= 4 is 5.91 Å². The van der Waals surface area contributed by atoms with Crippen LogP contribution >= 0.6 is 0 Å². The molecule has 2 aromatic rings. The summed E-state index contributed by atoms with van der Waals surface area (Å²) in [5.74, 6) is 2.06. The summed E-state index contributed by atoms with van der Waals surface area (Å²) in [5, 5.41) is 7.56. The maximum Gasteiger partial charge on any atom is 0.227 e. The number of rotatable bonds is 7. The van der Waals surface area contributed by atoms with Crippen molar-refractivity contribution < 1.29 is 13.7 Å². The minimum absolute atomic E-state index is 0.170. The highest BCUT2D eigenvalue weighted by Crippen LogP contribution is 2.28. The fourth-order valence-electron chi connectivity index (χ4n) is 3.23. The van der Waals surface area contributed by atoms with Crippen molar-refractivity contribution in [3.05, 3.63) is 24.5 Å². The van der Waals surface area contributed by atoms with Gasteiger partial charge in [-0.15, -0.1) is 0 Å². The lowest BCUT2D eigenvalue weighted by molar-refractivity contribution is -0.132. The summed E-state index contributed by atoms with van der Waals surface area (Å²) >= 11 is 0. The molecule has 2 aromatic heterocycles. The van der Waals surface area contributed by atoms with Gasteiger partial charge in [0.2, 0.25) is 17.6 Å². The molecule has 0 unspecified atom stereocenters. The van der Waals surface area contributed by atoms with E-state index in [1.54, 1.807) is 18.6 Å². The molecule has 7 heteroatoms. The van der Waals surface area contributed by atoms with Crippen LogP contribution in [0.25, 0.3) is 11.4 Å². The Kier molecular flexibility index (Phi) is 4.83. The topological polar surface area (TPSA) is 84.4 Å². The molecule has 3 heterocycles. The summed E-state index contributed by atoms with van der Waals surface area (Å²) in [7, 11) is 0. The number of carbonyl (C=O) groups is 1. The standard InChI is InChI=1S/C18H24N4O3/c23-17(22-8-5-15(6-9-22)19-11-13-1-2-13)4-3-16-20-18(21-25-16)14-7-10-24-12-14/h7,10,12-13,15,19H,1-6,8-9,11H2. The monoisotopic (exact) mass is 344 g/mol. The highest BCUT2D eigenvalue weighted by atomic mass is 16.5. The molecule has 2 aliphatic rings. The Morgan fingerprint density at radius 3 is 2.84 bits per heavy atom. The van der Waals surface area contributed by atoms with Crippen LogP contribution in [0, 0.1) is 5.92 Å². The van der Waals surface area contributed by atoms with Crippen LogP contribution in [0.3, 0.4) is 0 Å². The van der Waals surface area contributed by atoms with Crippen molar-refractivity contribution in [1.29, 1.82) is 0 Å². The van der Waals surface area contributed by atoms with Crippen LogP contribution in [0.15, 0.2) is 27.5 Å². The van der Waals surface area contributed by atoms with Gasteiger partial charge in [-0.05, 0) is 44.2 Å². The molecule has 25 heavy (non-hydrogen) atoms. The van der Waals surface area contributed by atoms with Gasteiger partial charge in [0.25, 0.3) is 0 Å². The number of piperidine rings is 1. The lowest BCUT2D eigenvalue weighted by Gasteiger charge is -2.32. The Bertz CT molecular complexity index is 685. The van der Waals surface area contributed by atoms with E-state index < -0.39 is 0 Å². The number of furan rings is 1. The maximum absolute atomic E-state index is 12.4. The summed E-state index contributed by atoms with van der Waals surface area (Å²) in [4.78, 5) is 18.7. The van der Waals surface area contributed by atoms with Gasteiger partial charge in [0, 0.05) is 32.0 Å². The van der Waals surface area contributed by atoms with E-state index >= 15 is 0 Å². The molecule has 0 spiro atoms. The van der Waals surface area contributed by atoms with Crippen molar-refractivity contribution in [1.82, 2.24) is 20.4 Å². The van der Waals surface area contributed by atoms with E-state index in [1.165, 1.54) is 12.8 Å². The summed E-state index contributed by atoms with van der Waals surface area (Å²) in [6, 6.07) is 2.35. The van der Waals surface area contributed by atoms with Gasteiger partial charge in [0.15, 0.2) is 0 Å². The lowest BCUT2D eigenvalue weighted by Crippen LogP contribution is -2.45. The van der Waals surface area contributed by atoms with Crippen LogP contribution in [0.2, 0.25) is 0 Å². The second-order valence-corrected chi connectivity index (χ2v) is 7.03. The number of amides is 1. The van der Waals surface area contributed by atoms with Crippen LogP contribution in [0.4, 0.5) is 0 Å². The fourth-order valence-corrected chi connectivity index (χ4v) is 3.23. The summed E-state index contributed by atoms with van der Waals surface area (Å²) < 4.78 is 10.2. The highest BCUT2D eigenvalue weighted by Gasteiger charge is 2.26. The van der Waals surface area contributed by atoms with E-state index in [2.05, 4.69) is 15.5 Å². The molecule has 134 valence electrons. The van der Waals surface area contributed by atoms with E-state index in [0.29, 0.717) is 30.6 Å². The predicted octanol–water partition coefficient (Wildman–Crippen LogP) is 2.25. The van der Waals surface area contributed by atoms with Crippen LogP contribution < -0.4 is 5.32 Å². The Balaban J connectivity index is 1.20. The molecule has 1 saturated heterocycles. The molecule has 7 nitrogen and oxygen atoms in total.